The molecular formula is C39H69N7O7. The van der Waals surface area contributed by atoms with E-state index in [0.29, 0.717) is 31.7 Å². The van der Waals surface area contributed by atoms with Gasteiger partial charge in [0.15, 0.2) is 0 Å². The van der Waals surface area contributed by atoms with Crippen molar-refractivity contribution in [3.8, 4) is 0 Å². The minimum atomic E-state index is -1.48. The molecule has 5 amide bonds. The Morgan fingerprint density at radius 1 is 0.774 bits per heavy atom. The van der Waals surface area contributed by atoms with Crippen molar-refractivity contribution in [3.63, 3.8) is 0 Å². The normalized spacial score (nSPS) is 15.7. The maximum absolute atomic E-state index is 14.5. The summed E-state index contributed by atoms with van der Waals surface area (Å²) in [6.45, 7) is 15.9. The summed E-state index contributed by atoms with van der Waals surface area (Å²) in [7, 11) is 6.23. The van der Waals surface area contributed by atoms with E-state index in [4.69, 9.17) is 0 Å². The highest BCUT2D eigenvalue weighted by Gasteiger charge is 2.43. The predicted molar refractivity (Wildman–Crippen MR) is 206 cm³/mol. The number of hydrogen-bond donors (Lipinski definition) is 5. The molecule has 0 aliphatic rings. The third-order valence-corrected chi connectivity index (χ3v) is 9.63. The molecule has 0 aromatic carbocycles. The summed E-state index contributed by atoms with van der Waals surface area (Å²) in [5, 5.41) is 30.0. The van der Waals surface area contributed by atoms with Crippen LogP contribution in [0.5, 0.6) is 0 Å². The average molecular weight is 748 g/mol. The minimum Gasteiger partial charge on any atom is -0.391 e. The van der Waals surface area contributed by atoms with Crippen molar-refractivity contribution in [2.24, 2.45) is 23.7 Å². The first-order chi connectivity index (χ1) is 24.7. The van der Waals surface area contributed by atoms with Crippen molar-refractivity contribution in [2.45, 2.75) is 124 Å². The number of carbonyl (C=O) groups is 5. The molecule has 0 saturated carbocycles. The lowest BCUT2D eigenvalue weighted by atomic mass is 9.91. The number of amides is 5. The SMILES string of the molecule is CNC(=O)[C@@H](NC(=O)[C@H]([C@H](O)[C@H](C)CCN(C)CCc1ccccn1)N(C)C(=O)[C@H](C(C)C)N(C)C(=O)[C@H](CC(C)C)NC(=O)CCC(C)C)[C@@H](C)O. The molecule has 1 heterocycles. The zero-order valence-corrected chi connectivity index (χ0v) is 34.3. The van der Waals surface area contributed by atoms with E-state index in [1.54, 1.807) is 27.0 Å². The summed E-state index contributed by atoms with van der Waals surface area (Å²) in [5.41, 5.74) is 0.959. The first-order valence-corrected chi connectivity index (χ1v) is 19.0. The molecule has 14 heteroatoms. The first kappa shape index (κ1) is 47.4. The van der Waals surface area contributed by atoms with Crippen LogP contribution in [0.15, 0.2) is 24.4 Å². The Kier molecular flexibility index (Phi) is 20.8. The number of carbonyl (C=O) groups excluding carboxylic acids is 5. The van der Waals surface area contributed by atoms with Gasteiger partial charge in [-0.15, -0.1) is 0 Å². The second-order valence-electron chi connectivity index (χ2n) is 15.7. The largest absolute Gasteiger partial charge is 0.391 e. The van der Waals surface area contributed by atoms with Crippen molar-refractivity contribution in [1.82, 2.24) is 35.6 Å². The molecule has 0 fully saturated rings. The Labute approximate surface area is 317 Å². The summed E-state index contributed by atoms with van der Waals surface area (Å²) in [4.78, 5) is 76.9. The van der Waals surface area contributed by atoms with Gasteiger partial charge in [-0.3, -0.25) is 29.0 Å². The Morgan fingerprint density at radius 3 is 1.91 bits per heavy atom. The zero-order valence-electron chi connectivity index (χ0n) is 34.3. The van der Waals surface area contributed by atoms with Gasteiger partial charge in [-0.05, 0) is 75.6 Å². The highest BCUT2D eigenvalue weighted by molar-refractivity contribution is 5.96. The summed E-state index contributed by atoms with van der Waals surface area (Å²) in [6, 6.07) is 1.01. The fourth-order valence-electron chi connectivity index (χ4n) is 6.23. The Morgan fingerprint density at radius 2 is 1.40 bits per heavy atom. The molecule has 14 nitrogen and oxygen atoms in total. The number of aliphatic hydroxyl groups is 2. The van der Waals surface area contributed by atoms with Gasteiger partial charge in [0.05, 0.1) is 12.2 Å². The van der Waals surface area contributed by atoms with E-state index in [9.17, 15) is 34.2 Å². The van der Waals surface area contributed by atoms with Crippen LogP contribution in [-0.2, 0) is 30.4 Å². The number of aliphatic hydroxyl groups excluding tert-OH is 2. The molecule has 0 bridgehead atoms. The summed E-state index contributed by atoms with van der Waals surface area (Å²) >= 11 is 0. The van der Waals surface area contributed by atoms with E-state index in [-0.39, 0.29) is 18.2 Å². The molecule has 1 aromatic rings. The highest BCUT2D eigenvalue weighted by atomic mass is 16.3. The van der Waals surface area contributed by atoms with Crippen molar-refractivity contribution in [2.75, 3.05) is 41.3 Å². The average Bonchev–Trinajstić information content (AvgIpc) is 3.09. The molecule has 0 aliphatic carbocycles. The molecule has 0 saturated heterocycles. The van der Waals surface area contributed by atoms with Crippen LogP contribution in [0.4, 0.5) is 0 Å². The van der Waals surface area contributed by atoms with Crippen LogP contribution in [-0.4, -0.2) is 137 Å². The second kappa shape index (κ2) is 23.2. The summed E-state index contributed by atoms with van der Waals surface area (Å²) in [6.07, 6.45) is 1.61. The number of likely N-dealkylation sites (N-methyl/N-ethyl adjacent to an activating group) is 4. The molecular weight excluding hydrogens is 678 g/mol. The lowest BCUT2D eigenvalue weighted by Gasteiger charge is -2.40. The molecule has 0 unspecified atom stereocenters. The van der Waals surface area contributed by atoms with Crippen molar-refractivity contribution >= 4 is 29.5 Å². The number of nitrogens with one attached hydrogen (secondary N) is 3. The number of rotatable bonds is 23. The molecule has 53 heavy (non-hydrogen) atoms. The van der Waals surface area contributed by atoms with Gasteiger partial charge in [-0.2, -0.15) is 0 Å². The zero-order chi connectivity index (χ0) is 40.6. The molecule has 7 atom stereocenters. The van der Waals surface area contributed by atoms with Crippen LogP contribution in [0.25, 0.3) is 0 Å². The number of hydrogen-bond acceptors (Lipinski definition) is 9. The van der Waals surface area contributed by atoms with E-state index in [1.807, 2.05) is 52.9 Å². The van der Waals surface area contributed by atoms with E-state index in [0.717, 1.165) is 23.6 Å². The minimum absolute atomic E-state index is 0.0690. The van der Waals surface area contributed by atoms with Crippen LogP contribution >= 0.6 is 0 Å². The third-order valence-electron chi connectivity index (χ3n) is 9.63. The van der Waals surface area contributed by atoms with Crippen LogP contribution in [0.2, 0.25) is 0 Å². The fraction of sp³-hybridized carbons (Fsp3) is 0.744. The van der Waals surface area contributed by atoms with Gasteiger partial charge in [0.25, 0.3) is 0 Å². The van der Waals surface area contributed by atoms with E-state index in [1.165, 1.54) is 33.0 Å². The monoisotopic (exact) mass is 748 g/mol. The van der Waals surface area contributed by atoms with E-state index < -0.39 is 71.8 Å². The fourth-order valence-corrected chi connectivity index (χ4v) is 6.23. The number of pyridine rings is 1. The number of nitrogens with zero attached hydrogens (tertiary/aromatic N) is 4. The van der Waals surface area contributed by atoms with Crippen molar-refractivity contribution < 1.29 is 34.2 Å². The molecule has 0 aliphatic heterocycles. The van der Waals surface area contributed by atoms with Crippen LogP contribution in [0.1, 0.15) is 86.8 Å². The smallest absolute Gasteiger partial charge is 0.246 e. The first-order valence-electron chi connectivity index (χ1n) is 19.0. The highest BCUT2D eigenvalue weighted by Crippen LogP contribution is 2.22. The van der Waals surface area contributed by atoms with E-state index in [2.05, 4.69) is 25.8 Å². The molecule has 1 rings (SSSR count). The van der Waals surface area contributed by atoms with Gasteiger partial charge in [-0.25, -0.2) is 0 Å². The third kappa shape index (κ3) is 15.7. The quantitative estimate of drug-likeness (QED) is 0.112. The van der Waals surface area contributed by atoms with Crippen LogP contribution in [0, 0.1) is 23.7 Å². The Hall–Kier alpha value is -3.62. The topological polar surface area (TPSA) is 185 Å². The Balaban J connectivity index is 3.40. The lowest BCUT2D eigenvalue weighted by Crippen LogP contribution is -2.64. The molecule has 302 valence electrons. The standard InChI is InChI=1S/C39H69N7O7/c1-24(2)16-17-31(48)42-30(23-25(3)4)38(52)45(11)33(26(5)6)39(53)46(12)34(37(51)43-32(28(8)47)36(50)40-9)35(49)27(7)18-21-44(10)22-19-29-15-13-14-20-41-29/h13-15,20,24-28,30,32-35,47,49H,16-19,21-23H2,1-12H3,(H,40,50)(H,42,48)(H,43,51)/t27-,28-,30+,32+,33+,34+,35-/m1/s1. The summed E-state index contributed by atoms with van der Waals surface area (Å²) in [5.74, 6) is -3.27. The molecule has 1 aromatic heterocycles. The van der Waals surface area contributed by atoms with Gasteiger partial charge in [0, 0.05) is 52.4 Å². The van der Waals surface area contributed by atoms with Gasteiger partial charge in [0.1, 0.15) is 24.2 Å². The Bertz CT molecular complexity index is 1290. The van der Waals surface area contributed by atoms with Crippen LogP contribution in [0.3, 0.4) is 0 Å². The number of aromatic nitrogens is 1. The lowest BCUT2D eigenvalue weighted by molar-refractivity contribution is -0.154. The maximum atomic E-state index is 14.5. The van der Waals surface area contributed by atoms with Crippen molar-refractivity contribution in [3.05, 3.63) is 30.1 Å². The maximum Gasteiger partial charge on any atom is 0.246 e. The van der Waals surface area contributed by atoms with Crippen LogP contribution < -0.4 is 16.0 Å². The van der Waals surface area contributed by atoms with Gasteiger partial charge in [0.2, 0.25) is 29.5 Å². The molecule has 0 radical (unpaired) electrons. The van der Waals surface area contributed by atoms with Gasteiger partial charge >= 0.3 is 0 Å². The van der Waals surface area contributed by atoms with E-state index >= 15 is 0 Å². The second-order valence-corrected chi connectivity index (χ2v) is 15.7. The summed E-state index contributed by atoms with van der Waals surface area (Å²) < 4.78 is 0. The molecule has 5 N–H and O–H groups in total. The van der Waals surface area contributed by atoms with Gasteiger partial charge < -0.3 is 40.9 Å². The van der Waals surface area contributed by atoms with Crippen molar-refractivity contribution in [1.29, 1.82) is 0 Å². The van der Waals surface area contributed by atoms with Gasteiger partial charge in [-0.1, -0.05) is 54.5 Å². The predicted octanol–water partition coefficient (Wildman–Crippen LogP) is 1.83. The molecule has 0 spiro atoms.